The van der Waals surface area contributed by atoms with Crippen molar-refractivity contribution >= 4 is 15.8 Å². The zero-order valence-corrected chi connectivity index (χ0v) is 16.9. The van der Waals surface area contributed by atoms with Gasteiger partial charge in [0.15, 0.2) is 15.8 Å². The van der Waals surface area contributed by atoms with E-state index in [1.54, 1.807) is 7.05 Å². The molecular weight excluding hydrogens is 340 g/mol. The fourth-order valence-corrected chi connectivity index (χ4v) is 5.21. The topological polar surface area (TPSA) is 74.2 Å². The zero-order valence-electron chi connectivity index (χ0n) is 16.1. The van der Waals surface area contributed by atoms with Crippen molar-refractivity contribution in [3.05, 3.63) is 0 Å². The second kappa shape index (κ2) is 8.68. The number of nitrogens with zero attached hydrogens (tertiary/aromatic N) is 3. The van der Waals surface area contributed by atoms with E-state index < -0.39 is 14.6 Å². The van der Waals surface area contributed by atoms with Gasteiger partial charge in [-0.15, -0.1) is 0 Å². The summed E-state index contributed by atoms with van der Waals surface area (Å²) in [4.78, 5) is 9.12. The van der Waals surface area contributed by atoms with E-state index in [9.17, 15) is 8.42 Å². The van der Waals surface area contributed by atoms with Crippen molar-refractivity contribution in [3.63, 3.8) is 0 Å². The number of likely N-dealkylation sites (tertiary alicyclic amines) is 1. The van der Waals surface area contributed by atoms with Gasteiger partial charge in [0, 0.05) is 52.2 Å². The highest BCUT2D eigenvalue weighted by Gasteiger charge is 2.42. The van der Waals surface area contributed by atoms with Crippen LogP contribution >= 0.6 is 0 Å². The lowest BCUT2D eigenvalue weighted by atomic mass is 9.99. The molecule has 146 valence electrons. The second-order valence-corrected chi connectivity index (χ2v) is 9.49. The van der Waals surface area contributed by atoms with Crippen LogP contribution in [0.1, 0.15) is 33.1 Å². The summed E-state index contributed by atoms with van der Waals surface area (Å²) in [6.45, 7) is 9.79. The molecule has 8 heteroatoms. The number of nitrogens with one attached hydrogen (secondary N) is 1. The maximum absolute atomic E-state index is 12.4. The highest BCUT2D eigenvalue weighted by molar-refractivity contribution is 7.92. The van der Waals surface area contributed by atoms with Crippen LogP contribution in [0.2, 0.25) is 0 Å². The van der Waals surface area contributed by atoms with Crippen molar-refractivity contribution < 1.29 is 13.2 Å². The summed E-state index contributed by atoms with van der Waals surface area (Å²) in [7, 11) is -1.40. The highest BCUT2D eigenvalue weighted by Crippen LogP contribution is 2.28. The molecule has 2 heterocycles. The number of ether oxygens (including phenoxy) is 1. The molecule has 0 bridgehead atoms. The molecule has 2 aliphatic heterocycles. The Bertz CT molecular complexity index is 554. The number of guanidine groups is 1. The van der Waals surface area contributed by atoms with E-state index in [2.05, 4.69) is 34.0 Å². The summed E-state index contributed by atoms with van der Waals surface area (Å²) < 4.78 is 29.4. The first kappa shape index (κ1) is 20.5. The Kier molecular flexibility index (Phi) is 7.10. The lowest BCUT2D eigenvalue weighted by Crippen LogP contribution is -2.54. The van der Waals surface area contributed by atoms with Crippen LogP contribution in [0.15, 0.2) is 4.99 Å². The fraction of sp³-hybridized carbons (Fsp3) is 0.941. The molecule has 0 aromatic heterocycles. The Balaban J connectivity index is 2.00. The lowest BCUT2D eigenvalue weighted by Gasteiger charge is -2.36. The van der Waals surface area contributed by atoms with Gasteiger partial charge >= 0.3 is 0 Å². The second-order valence-electron chi connectivity index (χ2n) is 7.08. The van der Waals surface area contributed by atoms with Gasteiger partial charge in [-0.2, -0.15) is 0 Å². The third-order valence-electron chi connectivity index (χ3n) is 5.76. The van der Waals surface area contributed by atoms with Gasteiger partial charge in [-0.3, -0.25) is 9.89 Å². The molecule has 2 rings (SSSR count). The van der Waals surface area contributed by atoms with Crippen LogP contribution in [0.5, 0.6) is 0 Å². The van der Waals surface area contributed by atoms with Crippen molar-refractivity contribution in [2.45, 2.75) is 43.9 Å². The summed E-state index contributed by atoms with van der Waals surface area (Å²) in [5.41, 5.74) is 0. The third kappa shape index (κ3) is 4.65. The predicted molar refractivity (Wildman–Crippen MR) is 102 cm³/mol. The third-order valence-corrected chi connectivity index (χ3v) is 7.89. The summed E-state index contributed by atoms with van der Waals surface area (Å²) in [5, 5.41) is 3.35. The molecule has 0 amide bonds. The van der Waals surface area contributed by atoms with Crippen LogP contribution in [-0.4, -0.2) is 94.2 Å². The van der Waals surface area contributed by atoms with Gasteiger partial charge in [-0.1, -0.05) is 13.8 Å². The van der Waals surface area contributed by atoms with E-state index in [1.807, 2.05) is 0 Å². The molecule has 2 fully saturated rings. The molecular formula is C17H34N4O3S. The van der Waals surface area contributed by atoms with E-state index in [-0.39, 0.29) is 0 Å². The van der Waals surface area contributed by atoms with Crippen molar-refractivity contribution in [1.29, 1.82) is 0 Å². The van der Waals surface area contributed by atoms with Crippen LogP contribution in [0.4, 0.5) is 0 Å². The molecule has 7 nitrogen and oxygen atoms in total. The van der Waals surface area contributed by atoms with E-state index in [0.29, 0.717) is 38.6 Å². The number of sulfone groups is 1. The van der Waals surface area contributed by atoms with Crippen LogP contribution in [0.25, 0.3) is 0 Å². The Morgan fingerprint density at radius 1 is 1.32 bits per heavy atom. The number of hydrogen-bond acceptors (Lipinski definition) is 5. The Hall–Kier alpha value is -0.860. The molecule has 0 saturated carbocycles. The molecule has 25 heavy (non-hydrogen) atoms. The Morgan fingerprint density at radius 3 is 2.48 bits per heavy atom. The summed E-state index contributed by atoms with van der Waals surface area (Å²) in [5.74, 6) is 0.809. The van der Waals surface area contributed by atoms with Crippen molar-refractivity contribution in [1.82, 2.24) is 15.1 Å². The number of hydrogen-bond donors (Lipinski definition) is 1. The average Bonchev–Trinajstić information content (AvgIpc) is 3.06. The molecule has 2 saturated heterocycles. The molecule has 0 radical (unpaired) electrons. The maximum Gasteiger partial charge on any atom is 0.193 e. The van der Waals surface area contributed by atoms with Gasteiger partial charge < -0.3 is 15.0 Å². The van der Waals surface area contributed by atoms with Crippen LogP contribution in [-0.2, 0) is 14.6 Å². The fourth-order valence-electron chi connectivity index (χ4n) is 3.97. The van der Waals surface area contributed by atoms with Crippen LogP contribution in [0.3, 0.4) is 0 Å². The van der Waals surface area contributed by atoms with E-state index >= 15 is 0 Å². The first-order valence-corrected chi connectivity index (χ1v) is 11.2. The normalized spacial score (nSPS) is 24.8. The summed E-state index contributed by atoms with van der Waals surface area (Å²) in [6.07, 6.45) is 3.54. The molecule has 0 aliphatic carbocycles. The van der Waals surface area contributed by atoms with Gasteiger partial charge in [-0.25, -0.2) is 8.42 Å². The van der Waals surface area contributed by atoms with Gasteiger partial charge in [0.2, 0.25) is 0 Å². The SMILES string of the molecule is CCN(CC)C1CCN(C(=NC)NCC2(S(C)(=O)=O)CCOCC2)C1. The molecule has 0 aromatic rings. The van der Waals surface area contributed by atoms with Crippen molar-refractivity contribution in [3.8, 4) is 0 Å². The minimum absolute atomic E-state index is 0.397. The minimum atomic E-state index is -3.17. The summed E-state index contributed by atoms with van der Waals surface area (Å²) >= 11 is 0. The first-order valence-electron chi connectivity index (χ1n) is 9.34. The highest BCUT2D eigenvalue weighted by atomic mass is 32.2. The molecule has 1 atom stereocenters. The monoisotopic (exact) mass is 374 g/mol. The number of rotatable bonds is 6. The van der Waals surface area contributed by atoms with Crippen LogP contribution < -0.4 is 5.32 Å². The minimum Gasteiger partial charge on any atom is -0.381 e. The zero-order chi connectivity index (χ0) is 18.5. The first-order chi connectivity index (χ1) is 11.9. The van der Waals surface area contributed by atoms with Gasteiger partial charge in [-0.05, 0) is 32.4 Å². The standard InChI is InChI=1S/C17H34N4O3S/c1-5-20(6-2)15-7-10-21(13-15)16(18-3)19-14-17(25(4,22)23)8-11-24-12-9-17/h15H,5-14H2,1-4H3,(H,18,19). The van der Waals surface area contributed by atoms with E-state index in [1.165, 1.54) is 6.26 Å². The molecule has 0 spiro atoms. The van der Waals surface area contributed by atoms with E-state index in [0.717, 1.165) is 38.6 Å². The van der Waals surface area contributed by atoms with Crippen molar-refractivity contribution in [2.75, 3.05) is 59.2 Å². The molecule has 1 unspecified atom stereocenters. The predicted octanol–water partition coefficient (Wildman–Crippen LogP) is 0.572. The number of likely N-dealkylation sites (N-methyl/N-ethyl adjacent to an activating group) is 1. The smallest absolute Gasteiger partial charge is 0.193 e. The molecule has 0 aromatic carbocycles. The van der Waals surface area contributed by atoms with Gasteiger partial charge in [0.25, 0.3) is 0 Å². The van der Waals surface area contributed by atoms with Gasteiger partial charge in [0.1, 0.15) is 0 Å². The average molecular weight is 375 g/mol. The molecule has 1 N–H and O–H groups in total. The summed E-state index contributed by atoms with van der Waals surface area (Å²) in [6, 6.07) is 0.542. The largest absolute Gasteiger partial charge is 0.381 e. The molecule has 2 aliphatic rings. The Morgan fingerprint density at radius 2 is 1.96 bits per heavy atom. The quantitative estimate of drug-likeness (QED) is 0.541. The van der Waals surface area contributed by atoms with Gasteiger partial charge in [0.05, 0.1) is 4.75 Å². The van der Waals surface area contributed by atoms with Crippen molar-refractivity contribution in [2.24, 2.45) is 4.99 Å². The van der Waals surface area contributed by atoms with Crippen LogP contribution in [0, 0.1) is 0 Å². The number of aliphatic imine (C=N–C) groups is 1. The lowest BCUT2D eigenvalue weighted by molar-refractivity contribution is 0.0754. The van der Waals surface area contributed by atoms with E-state index in [4.69, 9.17) is 4.74 Å². The Labute approximate surface area is 152 Å². The maximum atomic E-state index is 12.4.